The highest BCUT2D eigenvalue weighted by Crippen LogP contribution is 2.47. The number of carbonyl (C=O) groups is 1. The number of piperidine rings is 1. The average Bonchev–Trinajstić information content (AvgIpc) is 3.42. The third-order valence-electron chi connectivity index (χ3n) is 7.69. The molecule has 32 heavy (non-hydrogen) atoms. The monoisotopic (exact) mass is 448 g/mol. The standard InChI is InChI=1S/C24H31F3N4O/c1-29(2)22(32)21-14-23(9-11-30(12-10-23)18-5-3-4-6-18)16-31(21)19-8-7-17(15-28)20(13-19)24(25,26)27/h7-8,13,18,21H,3-6,9-12,14,16H2,1-2H3. The van der Waals surface area contributed by atoms with Crippen LogP contribution in [0.3, 0.4) is 0 Å². The lowest BCUT2D eigenvalue weighted by Gasteiger charge is -2.42. The first-order valence-electron chi connectivity index (χ1n) is 11.5. The fourth-order valence-electron chi connectivity index (χ4n) is 5.88. The Morgan fingerprint density at radius 2 is 1.84 bits per heavy atom. The van der Waals surface area contributed by atoms with Crippen LogP contribution in [0.25, 0.3) is 0 Å². The number of likely N-dealkylation sites (tertiary alicyclic amines) is 1. The van der Waals surface area contributed by atoms with Crippen LogP contribution in [0.1, 0.15) is 56.1 Å². The van der Waals surface area contributed by atoms with Crippen LogP contribution in [0.15, 0.2) is 18.2 Å². The number of likely N-dealkylation sites (N-methyl/N-ethyl adjacent to an activating group) is 1. The summed E-state index contributed by atoms with van der Waals surface area (Å²) in [5.41, 5.74) is -1.04. The largest absolute Gasteiger partial charge is 0.417 e. The number of nitrogens with zero attached hydrogens (tertiary/aromatic N) is 4. The molecule has 1 amide bonds. The summed E-state index contributed by atoms with van der Waals surface area (Å²) >= 11 is 0. The Balaban J connectivity index is 1.61. The second-order valence-electron chi connectivity index (χ2n) is 9.89. The van der Waals surface area contributed by atoms with E-state index in [1.807, 2.05) is 4.90 Å². The van der Waals surface area contributed by atoms with Crippen molar-refractivity contribution in [2.24, 2.45) is 5.41 Å². The van der Waals surface area contributed by atoms with Gasteiger partial charge in [0.05, 0.1) is 17.2 Å². The molecular formula is C24H31F3N4O. The first-order valence-corrected chi connectivity index (χ1v) is 11.5. The fraction of sp³-hybridized carbons (Fsp3) is 0.667. The molecule has 5 nitrogen and oxygen atoms in total. The Hall–Kier alpha value is -2.27. The van der Waals surface area contributed by atoms with Gasteiger partial charge in [0.25, 0.3) is 0 Å². The van der Waals surface area contributed by atoms with Gasteiger partial charge in [-0.25, -0.2) is 0 Å². The second kappa shape index (κ2) is 8.58. The third-order valence-corrected chi connectivity index (χ3v) is 7.69. The highest BCUT2D eigenvalue weighted by atomic mass is 19.4. The lowest BCUT2D eigenvalue weighted by atomic mass is 9.76. The number of hydrogen-bond donors (Lipinski definition) is 0. The number of anilines is 1. The van der Waals surface area contributed by atoms with E-state index < -0.39 is 23.3 Å². The molecule has 1 saturated carbocycles. The van der Waals surface area contributed by atoms with Gasteiger partial charge in [0.15, 0.2) is 0 Å². The summed E-state index contributed by atoms with van der Waals surface area (Å²) in [4.78, 5) is 19.0. The number of rotatable bonds is 3. The maximum absolute atomic E-state index is 13.6. The van der Waals surface area contributed by atoms with E-state index in [4.69, 9.17) is 5.26 Å². The molecule has 1 spiro atoms. The Labute approximate surface area is 187 Å². The zero-order chi connectivity index (χ0) is 23.1. The van der Waals surface area contributed by atoms with E-state index >= 15 is 0 Å². The molecule has 4 rings (SSSR count). The Kier molecular flexibility index (Phi) is 6.15. The van der Waals surface area contributed by atoms with Crippen LogP contribution in [0.4, 0.5) is 18.9 Å². The van der Waals surface area contributed by atoms with Crippen LogP contribution in [-0.2, 0) is 11.0 Å². The highest BCUT2D eigenvalue weighted by molar-refractivity contribution is 5.86. The van der Waals surface area contributed by atoms with E-state index in [2.05, 4.69) is 4.90 Å². The van der Waals surface area contributed by atoms with Gasteiger partial charge in [-0.2, -0.15) is 18.4 Å². The maximum Gasteiger partial charge on any atom is 0.417 e. The van der Waals surface area contributed by atoms with Crippen molar-refractivity contribution in [3.8, 4) is 6.07 Å². The minimum atomic E-state index is -4.62. The van der Waals surface area contributed by atoms with Gasteiger partial charge in [0, 0.05) is 32.4 Å². The first kappa shape index (κ1) is 22.9. The number of carbonyl (C=O) groups excluding carboxylic acids is 1. The topological polar surface area (TPSA) is 50.6 Å². The predicted molar refractivity (Wildman–Crippen MR) is 116 cm³/mol. The van der Waals surface area contributed by atoms with Crippen LogP contribution >= 0.6 is 0 Å². The van der Waals surface area contributed by atoms with Crippen LogP contribution < -0.4 is 4.90 Å². The SMILES string of the molecule is CN(C)C(=O)C1CC2(CCN(C3CCCC3)CC2)CN1c1ccc(C#N)c(C(F)(F)F)c1. The average molecular weight is 449 g/mol. The van der Waals surface area contributed by atoms with Gasteiger partial charge in [-0.05, 0) is 68.8 Å². The zero-order valence-corrected chi connectivity index (χ0v) is 18.8. The number of nitriles is 1. The van der Waals surface area contributed by atoms with Crippen LogP contribution in [0, 0.1) is 16.7 Å². The number of alkyl halides is 3. The molecule has 1 unspecified atom stereocenters. The molecule has 0 bridgehead atoms. The number of hydrogen-bond acceptors (Lipinski definition) is 4. The van der Waals surface area contributed by atoms with Gasteiger partial charge in [0.2, 0.25) is 5.91 Å². The summed E-state index contributed by atoms with van der Waals surface area (Å²) in [5.74, 6) is -0.0852. The van der Waals surface area contributed by atoms with Crippen LogP contribution in [0.5, 0.6) is 0 Å². The third kappa shape index (κ3) is 4.32. The van der Waals surface area contributed by atoms with E-state index in [0.717, 1.165) is 32.0 Å². The van der Waals surface area contributed by atoms with Crippen molar-refractivity contribution in [2.45, 2.75) is 63.2 Å². The lowest BCUT2D eigenvalue weighted by molar-refractivity contribution is -0.137. The molecule has 174 valence electrons. The molecule has 8 heteroatoms. The fourth-order valence-corrected chi connectivity index (χ4v) is 5.88. The van der Waals surface area contributed by atoms with Gasteiger partial charge in [0.1, 0.15) is 6.04 Å². The summed E-state index contributed by atoms with van der Waals surface area (Å²) in [5, 5.41) is 9.14. The molecule has 1 aliphatic carbocycles. The van der Waals surface area contributed by atoms with Gasteiger partial charge in [-0.15, -0.1) is 0 Å². The molecule has 3 aliphatic rings. The van der Waals surface area contributed by atoms with Gasteiger partial charge in [-0.1, -0.05) is 12.8 Å². The number of benzene rings is 1. The lowest BCUT2D eigenvalue weighted by Crippen LogP contribution is -2.45. The first-order chi connectivity index (χ1) is 15.1. The molecule has 2 heterocycles. The van der Waals surface area contributed by atoms with Crippen LogP contribution in [0.2, 0.25) is 0 Å². The van der Waals surface area contributed by atoms with Crippen molar-refractivity contribution in [3.63, 3.8) is 0 Å². The number of halogens is 3. The maximum atomic E-state index is 13.6. The molecule has 2 aliphatic heterocycles. The van der Waals surface area contributed by atoms with Crippen LogP contribution in [-0.4, -0.2) is 61.5 Å². The molecule has 0 aromatic heterocycles. The van der Waals surface area contributed by atoms with Gasteiger partial charge < -0.3 is 14.7 Å². The Morgan fingerprint density at radius 3 is 2.41 bits per heavy atom. The summed E-state index contributed by atoms with van der Waals surface area (Å²) in [6, 6.07) is 5.64. The van der Waals surface area contributed by atoms with Gasteiger partial charge >= 0.3 is 6.18 Å². The summed E-state index contributed by atoms with van der Waals surface area (Å²) in [7, 11) is 3.38. The van der Waals surface area contributed by atoms with Crippen molar-refractivity contribution in [2.75, 3.05) is 38.6 Å². The van der Waals surface area contributed by atoms with E-state index in [1.54, 1.807) is 26.2 Å². The highest BCUT2D eigenvalue weighted by Gasteiger charge is 2.49. The molecule has 1 atom stereocenters. The van der Waals surface area contributed by atoms with E-state index in [-0.39, 0.29) is 11.3 Å². The molecule has 1 aromatic rings. The minimum Gasteiger partial charge on any atom is -0.359 e. The smallest absolute Gasteiger partial charge is 0.359 e. The molecule has 2 saturated heterocycles. The minimum absolute atomic E-state index is 0.0717. The second-order valence-corrected chi connectivity index (χ2v) is 9.89. The molecule has 3 fully saturated rings. The summed E-state index contributed by atoms with van der Waals surface area (Å²) in [6.45, 7) is 2.55. The van der Waals surface area contributed by atoms with Crippen molar-refractivity contribution < 1.29 is 18.0 Å². The van der Waals surface area contributed by atoms with E-state index in [1.165, 1.54) is 36.6 Å². The Morgan fingerprint density at radius 1 is 1.19 bits per heavy atom. The van der Waals surface area contributed by atoms with Crippen molar-refractivity contribution >= 4 is 11.6 Å². The van der Waals surface area contributed by atoms with Gasteiger partial charge in [-0.3, -0.25) is 4.79 Å². The van der Waals surface area contributed by atoms with E-state index in [0.29, 0.717) is 24.7 Å². The summed E-state index contributed by atoms with van der Waals surface area (Å²) in [6.07, 6.45) is 3.05. The van der Waals surface area contributed by atoms with Crippen molar-refractivity contribution in [3.05, 3.63) is 29.3 Å². The zero-order valence-electron chi connectivity index (χ0n) is 18.8. The Bertz CT molecular complexity index is 893. The van der Waals surface area contributed by atoms with Crippen molar-refractivity contribution in [1.29, 1.82) is 5.26 Å². The van der Waals surface area contributed by atoms with Crippen molar-refractivity contribution in [1.82, 2.24) is 9.80 Å². The molecule has 0 radical (unpaired) electrons. The quantitative estimate of drug-likeness (QED) is 0.693. The van der Waals surface area contributed by atoms with E-state index in [9.17, 15) is 18.0 Å². The summed E-state index contributed by atoms with van der Waals surface area (Å²) < 4.78 is 40.7. The number of amides is 1. The molecular weight excluding hydrogens is 417 g/mol. The molecule has 0 N–H and O–H groups in total. The molecule has 1 aromatic carbocycles. The predicted octanol–water partition coefficient (Wildman–Crippen LogP) is 4.27. The normalized spacial score (nSPS) is 24.1.